The van der Waals surface area contributed by atoms with Crippen molar-refractivity contribution >= 4 is 82.1 Å². The van der Waals surface area contributed by atoms with Crippen molar-refractivity contribution in [3.8, 4) is 21.7 Å². The summed E-state index contributed by atoms with van der Waals surface area (Å²) in [7, 11) is 0. The molecule has 0 aliphatic heterocycles. The molecular weight excluding hydrogens is 617 g/mol. The number of furan rings is 1. The molecule has 0 aliphatic carbocycles. The van der Waals surface area contributed by atoms with Gasteiger partial charge in [-0.2, -0.15) is 0 Å². The summed E-state index contributed by atoms with van der Waals surface area (Å²) < 4.78 is 7.44. The quantitative estimate of drug-likeness (QED) is 0.175. The Bertz CT molecular complexity index is 2840. The van der Waals surface area contributed by atoms with Crippen LogP contribution < -0.4 is 4.90 Å². The predicted molar refractivity (Wildman–Crippen MR) is 207 cm³/mol. The second-order valence-corrected chi connectivity index (χ2v) is 13.4. The maximum Gasteiger partial charge on any atom is 0.135 e. The van der Waals surface area contributed by atoms with Crippen LogP contribution in [0.3, 0.4) is 0 Å². The summed E-state index contributed by atoms with van der Waals surface area (Å²) in [5.74, 6) is 0. The van der Waals surface area contributed by atoms with E-state index < -0.39 is 0 Å². The zero-order valence-electron chi connectivity index (χ0n) is 26.4. The molecule has 8 aromatic carbocycles. The molecule has 49 heavy (non-hydrogen) atoms. The summed E-state index contributed by atoms with van der Waals surface area (Å²) in [5, 5.41) is 8.14. The van der Waals surface area contributed by atoms with Crippen LogP contribution in [0.4, 0.5) is 17.1 Å². The number of fused-ring (bicyclic) bond motifs is 8. The van der Waals surface area contributed by atoms with E-state index in [9.17, 15) is 0 Å². The van der Waals surface area contributed by atoms with E-state index in [1.165, 1.54) is 37.4 Å². The molecule has 0 bridgehead atoms. The second-order valence-electron chi connectivity index (χ2n) is 12.4. The van der Waals surface area contributed by atoms with Crippen molar-refractivity contribution in [1.82, 2.24) is 4.98 Å². The number of nitrogens with zero attached hydrogens (tertiary/aromatic N) is 2. The Kier molecular flexibility index (Phi) is 6.36. The van der Waals surface area contributed by atoms with Gasteiger partial charge in [-0.25, -0.2) is 4.98 Å². The third-order valence-corrected chi connectivity index (χ3v) is 10.6. The number of hydrogen-bond donors (Lipinski definition) is 0. The number of para-hydroxylation sites is 1. The Hall–Kier alpha value is -6.23. The van der Waals surface area contributed by atoms with E-state index in [1.54, 1.807) is 11.3 Å². The highest BCUT2D eigenvalue weighted by Crippen LogP contribution is 2.43. The molecule has 10 rings (SSSR count). The topological polar surface area (TPSA) is 29.3 Å². The number of benzene rings is 8. The largest absolute Gasteiger partial charge is 0.456 e. The van der Waals surface area contributed by atoms with Crippen molar-refractivity contribution < 1.29 is 4.42 Å². The molecule has 0 saturated carbocycles. The van der Waals surface area contributed by atoms with Crippen LogP contribution in [0.15, 0.2) is 174 Å². The van der Waals surface area contributed by atoms with E-state index >= 15 is 0 Å². The van der Waals surface area contributed by atoms with Crippen molar-refractivity contribution in [2.24, 2.45) is 0 Å². The lowest BCUT2D eigenvalue weighted by molar-refractivity contribution is 0.669. The minimum Gasteiger partial charge on any atom is -0.456 e. The molecule has 3 nitrogen and oxygen atoms in total. The first-order chi connectivity index (χ1) is 24.3. The highest BCUT2D eigenvalue weighted by atomic mass is 32.1. The van der Waals surface area contributed by atoms with Crippen LogP contribution in [0.2, 0.25) is 0 Å². The zero-order chi connectivity index (χ0) is 32.3. The normalized spacial score (nSPS) is 11.7. The first-order valence-corrected chi connectivity index (χ1v) is 17.3. The van der Waals surface area contributed by atoms with Gasteiger partial charge in [0.15, 0.2) is 0 Å². The second kappa shape index (κ2) is 11.2. The minimum absolute atomic E-state index is 0.885. The predicted octanol–water partition coefficient (Wildman–Crippen LogP) is 13.3. The molecule has 0 spiro atoms. The van der Waals surface area contributed by atoms with Gasteiger partial charge in [0, 0.05) is 38.8 Å². The third kappa shape index (κ3) is 4.68. The molecule has 0 aliphatic rings. The Morgan fingerprint density at radius 3 is 1.94 bits per heavy atom. The van der Waals surface area contributed by atoms with Crippen molar-refractivity contribution in [2.75, 3.05) is 4.90 Å². The van der Waals surface area contributed by atoms with E-state index in [1.807, 2.05) is 18.2 Å². The summed E-state index contributed by atoms with van der Waals surface area (Å²) in [6, 6.07) is 60.4. The summed E-state index contributed by atoms with van der Waals surface area (Å²) >= 11 is 1.76. The van der Waals surface area contributed by atoms with Gasteiger partial charge in [0.05, 0.1) is 10.2 Å². The lowest BCUT2D eigenvalue weighted by Crippen LogP contribution is -2.10. The van der Waals surface area contributed by atoms with E-state index in [0.29, 0.717) is 0 Å². The van der Waals surface area contributed by atoms with Gasteiger partial charge in [-0.05, 0) is 81.9 Å². The van der Waals surface area contributed by atoms with Crippen molar-refractivity contribution in [3.05, 3.63) is 170 Å². The van der Waals surface area contributed by atoms with Crippen molar-refractivity contribution in [2.45, 2.75) is 0 Å². The number of anilines is 3. The van der Waals surface area contributed by atoms with E-state index in [4.69, 9.17) is 9.40 Å². The number of thiazole rings is 1. The van der Waals surface area contributed by atoms with Crippen LogP contribution in [-0.2, 0) is 0 Å². The van der Waals surface area contributed by atoms with Gasteiger partial charge in [-0.1, -0.05) is 115 Å². The monoisotopic (exact) mass is 644 g/mol. The fraction of sp³-hybridized carbons (Fsp3) is 0. The van der Waals surface area contributed by atoms with Gasteiger partial charge in [0.25, 0.3) is 0 Å². The molecule has 0 atom stereocenters. The fourth-order valence-corrected chi connectivity index (χ4v) is 8.20. The van der Waals surface area contributed by atoms with E-state index in [2.05, 4.69) is 157 Å². The summed E-state index contributed by atoms with van der Waals surface area (Å²) in [6.45, 7) is 0. The number of hydrogen-bond acceptors (Lipinski definition) is 4. The van der Waals surface area contributed by atoms with Crippen LogP contribution in [0, 0.1) is 0 Å². The van der Waals surface area contributed by atoms with Gasteiger partial charge >= 0.3 is 0 Å². The molecule has 0 fully saturated rings. The first-order valence-electron chi connectivity index (χ1n) is 16.5. The molecule has 2 heterocycles. The molecule has 2 aromatic heterocycles. The Morgan fingerprint density at radius 1 is 0.429 bits per heavy atom. The number of rotatable bonds is 5. The maximum absolute atomic E-state index is 6.22. The van der Waals surface area contributed by atoms with Gasteiger partial charge < -0.3 is 9.32 Å². The lowest BCUT2D eigenvalue weighted by atomic mass is 10.00. The average molecular weight is 645 g/mol. The minimum atomic E-state index is 0.885. The summed E-state index contributed by atoms with van der Waals surface area (Å²) in [5.41, 5.74) is 9.57. The molecule has 0 N–H and O–H groups in total. The zero-order valence-corrected chi connectivity index (χ0v) is 27.2. The molecular formula is C45H28N2OS. The Balaban J connectivity index is 1.19. The fourth-order valence-electron chi connectivity index (χ4n) is 7.11. The Morgan fingerprint density at radius 2 is 1.08 bits per heavy atom. The van der Waals surface area contributed by atoms with Gasteiger partial charge in [0.2, 0.25) is 0 Å². The van der Waals surface area contributed by atoms with Crippen molar-refractivity contribution in [3.63, 3.8) is 0 Å². The van der Waals surface area contributed by atoms with E-state index in [-0.39, 0.29) is 0 Å². The number of aromatic nitrogens is 1. The summed E-state index contributed by atoms with van der Waals surface area (Å²) in [6.07, 6.45) is 0. The molecule has 0 amide bonds. The molecule has 0 radical (unpaired) electrons. The molecule has 10 aromatic rings. The van der Waals surface area contributed by atoms with Crippen LogP contribution in [0.5, 0.6) is 0 Å². The third-order valence-electron chi connectivity index (χ3n) is 9.46. The van der Waals surface area contributed by atoms with Gasteiger partial charge in [-0.15, -0.1) is 11.3 Å². The molecule has 0 unspecified atom stereocenters. The van der Waals surface area contributed by atoms with Gasteiger partial charge in [0.1, 0.15) is 16.2 Å². The van der Waals surface area contributed by atoms with Crippen molar-refractivity contribution in [1.29, 1.82) is 0 Å². The van der Waals surface area contributed by atoms with Crippen LogP contribution in [0.1, 0.15) is 0 Å². The van der Waals surface area contributed by atoms with Crippen LogP contribution in [0.25, 0.3) is 75.4 Å². The Labute approximate surface area is 286 Å². The standard InChI is InChI=1S/C45H28N2OS/c1-3-10-29(11-4-1)32-14-9-15-33(26-32)47(35-21-25-43-40(28-35)37-16-7-8-17-42(37)48-43)34-20-18-30-19-22-38-36(39(30)27-34)23-24-41-44(38)49-45(46-41)31-12-5-2-6-13-31/h1-28H. The maximum atomic E-state index is 6.22. The van der Waals surface area contributed by atoms with Crippen LogP contribution in [-0.4, -0.2) is 4.98 Å². The highest BCUT2D eigenvalue weighted by molar-refractivity contribution is 7.22. The summed E-state index contributed by atoms with van der Waals surface area (Å²) in [4.78, 5) is 7.38. The first kappa shape index (κ1) is 27.8. The smallest absolute Gasteiger partial charge is 0.135 e. The van der Waals surface area contributed by atoms with Gasteiger partial charge in [-0.3, -0.25) is 0 Å². The SMILES string of the molecule is c1ccc(-c2cccc(N(c3ccc4ccc5c(ccc6nc(-c7ccccc7)sc65)c4c3)c3ccc4oc5ccccc5c4c3)c2)cc1. The average Bonchev–Trinajstić information content (AvgIpc) is 3.78. The molecule has 230 valence electrons. The lowest BCUT2D eigenvalue weighted by Gasteiger charge is -2.26. The molecule has 4 heteroatoms. The van der Waals surface area contributed by atoms with Crippen LogP contribution >= 0.6 is 11.3 Å². The van der Waals surface area contributed by atoms with E-state index in [0.717, 1.165) is 55.1 Å². The highest BCUT2D eigenvalue weighted by Gasteiger charge is 2.18. The molecule has 0 saturated heterocycles.